The first-order valence-corrected chi connectivity index (χ1v) is 6.59. The van der Waals surface area contributed by atoms with Crippen molar-refractivity contribution >= 4 is 0 Å². The molecule has 1 saturated carbocycles. The molecule has 0 unspecified atom stereocenters. The summed E-state index contributed by atoms with van der Waals surface area (Å²) in [5.74, 6) is 1.76. The maximum absolute atomic E-state index is 6.00. The highest BCUT2D eigenvalue weighted by Crippen LogP contribution is 2.26. The molecule has 88 valence electrons. The fraction of sp³-hybridized carbons (Fsp3) is 1.00. The molecule has 1 saturated heterocycles. The van der Waals surface area contributed by atoms with E-state index in [1.807, 2.05) is 0 Å². The molecule has 0 radical (unpaired) electrons. The van der Waals surface area contributed by atoms with Gasteiger partial charge in [0.1, 0.15) is 0 Å². The van der Waals surface area contributed by atoms with Crippen molar-refractivity contribution in [2.75, 3.05) is 13.2 Å². The third-order valence-corrected chi connectivity index (χ3v) is 3.94. The van der Waals surface area contributed by atoms with Crippen molar-refractivity contribution < 1.29 is 4.74 Å². The Balaban J connectivity index is 1.61. The van der Waals surface area contributed by atoms with Gasteiger partial charge in [-0.3, -0.25) is 0 Å². The summed E-state index contributed by atoms with van der Waals surface area (Å²) in [6, 6.07) is 0.624. The first-order valence-electron chi connectivity index (χ1n) is 6.59. The molecule has 0 aromatic rings. The second-order valence-corrected chi connectivity index (χ2v) is 5.66. The fourth-order valence-electron chi connectivity index (χ4n) is 2.80. The minimum atomic E-state index is 0.555. The number of rotatable bonds is 3. The molecule has 0 bridgehead atoms. The van der Waals surface area contributed by atoms with Crippen LogP contribution in [0.25, 0.3) is 0 Å². The maximum atomic E-state index is 6.00. The molecule has 2 nitrogen and oxygen atoms in total. The van der Waals surface area contributed by atoms with E-state index in [2.05, 4.69) is 19.2 Å². The Bertz CT molecular complexity index is 187. The van der Waals surface area contributed by atoms with Crippen LogP contribution >= 0.6 is 0 Å². The van der Waals surface area contributed by atoms with E-state index >= 15 is 0 Å². The molecule has 15 heavy (non-hydrogen) atoms. The Kier molecular flexibility index (Phi) is 4.04. The highest BCUT2D eigenvalue weighted by molar-refractivity contribution is 4.79. The molecule has 0 spiro atoms. The largest absolute Gasteiger partial charge is 0.377 e. The molecule has 2 fully saturated rings. The summed E-state index contributed by atoms with van der Waals surface area (Å²) < 4.78 is 6.00. The molecule has 1 heterocycles. The van der Waals surface area contributed by atoms with Crippen molar-refractivity contribution in [2.45, 2.75) is 58.1 Å². The van der Waals surface area contributed by atoms with Crippen molar-refractivity contribution in [3.63, 3.8) is 0 Å². The highest BCUT2D eigenvalue weighted by atomic mass is 16.5. The summed E-state index contributed by atoms with van der Waals surface area (Å²) in [4.78, 5) is 0. The number of hydrogen-bond acceptors (Lipinski definition) is 2. The van der Waals surface area contributed by atoms with Crippen LogP contribution in [0.1, 0.15) is 46.0 Å². The molecule has 2 atom stereocenters. The lowest BCUT2D eigenvalue weighted by Crippen LogP contribution is -2.30. The van der Waals surface area contributed by atoms with Gasteiger partial charge >= 0.3 is 0 Å². The second kappa shape index (κ2) is 5.31. The van der Waals surface area contributed by atoms with Crippen LogP contribution in [0.3, 0.4) is 0 Å². The molecule has 1 N–H and O–H groups in total. The van der Waals surface area contributed by atoms with Gasteiger partial charge in [-0.1, -0.05) is 13.8 Å². The molecule has 2 rings (SSSR count). The topological polar surface area (TPSA) is 21.3 Å². The average Bonchev–Trinajstić information content (AvgIpc) is 2.64. The monoisotopic (exact) mass is 211 g/mol. The summed E-state index contributed by atoms with van der Waals surface area (Å²) in [5.41, 5.74) is 0. The van der Waals surface area contributed by atoms with E-state index in [1.165, 1.54) is 38.6 Å². The molecular weight excluding hydrogens is 186 g/mol. The molecular formula is C13H25NO. The van der Waals surface area contributed by atoms with Gasteiger partial charge in [-0.15, -0.1) is 0 Å². The normalized spacial score (nSPS) is 42.0. The van der Waals surface area contributed by atoms with E-state index in [0.717, 1.165) is 18.4 Å². The predicted molar refractivity (Wildman–Crippen MR) is 62.9 cm³/mol. The number of ether oxygens (including phenoxy) is 1. The molecule has 0 amide bonds. The fourth-order valence-corrected chi connectivity index (χ4v) is 2.80. The van der Waals surface area contributed by atoms with Gasteiger partial charge in [-0.25, -0.2) is 0 Å². The number of hydrogen-bond donors (Lipinski definition) is 1. The predicted octanol–water partition coefficient (Wildman–Crippen LogP) is 2.58. The van der Waals surface area contributed by atoms with Crippen molar-refractivity contribution in [2.24, 2.45) is 11.8 Å². The lowest BCUT2D eigenvalue weighted by molar-refractivity contribution is 0.0102. The SMILES string of the molecule is CC1CCC(OC[C@@H]2C[C@H](C)CN2)CC1. The Labute approximate surface area is 93.8 Å². The summed E-state index contributed by atoms with van der Waals surface area (Å²) in [6.45, 7) is 6.78. The van der Waals surface area contributed by atoms with E-state index in [-0.39, 0.29) is 0 Å². The maximum Gasteiger partial charge on any atom is 0.0623 e. The Hall–Kier alpha value is -0.0800. The van der Waals surface area contributed by atoms with Gasteiger partial charge in [-0.2, -0.15) is 0 Å². The molecule has 0 aromatic carbocycles. The third kappa shape index (κ3) is 3.46. The van der Waals surface area contributed by atoms with Crippen LogP contribution in [0.2, 0.25) is 0 Å². The standard InChI is InChI=1S/C13H25NO/c1-10-3-5-13(6-4-10)15-9-12-7-11(2)8-14-12/h10-14H,3-9H2,1-2H3/t10?,11-,12-,13?/m0/s1. The van der Waals surface area contributed by atoms with Gasteiger partial charge in [0.25, 0.3) is 0 Å². The van der Waals surface area contributed by atoms with Gasteiger partial charge in [0, 0.05) is 6.04 Å². The van der Waals surface area contributed by atoms with Crippen LogP contribution in [-0.4, -0.2) is 25.3 Å². The summed E-state index contributed by atoms with van der Waals surface area (Å²) in [5, 5.41) is 3.53. The van der Waals surface area contributed by atoms with Gasteiger partial charge in [0.2, 0.25) is 0 Å². The lowest BCUT2D eigenvalue weighted by Gasteiger charge is -2.27. The molecule has 2 heteroatoms. The lowest BCUT2D eigenvalue weighted by atomic mass is 9.89. The van der Waals surface area contributed by atoms with Crippen molar-refractivity contribution in [3.05, 3.63) is 0 Å². The zero-order valence-electron chi connectivity index (χ0n) is 10.2. The molecule has 0 aromatic heterocycles. The molecule has 2 aliphatic rings. The van der Waals surface area contributed by atoms with E-state index in [9.17, 15) is 0 Å². The molecule has 1 aliphatic carbocycles. The Morgan fingerprint density at radius 2 is 1.80 bits per heavy atom. The zero-order valence-corrected chi connectivity index (χ0v) is 10.2. The second-order valence-electron chi connectivity index (χ2n) is 5.66. The summed E-state index contributed by atoms with van der Waals surface area (Å²) in [7, 11) is 0. The van der Waals surface area contributed by atoms with E-state index < -0.39 is 0 Å². The summed E-state index contributed by atoms with van der Waals surface area (Å²) >= 11 is 0. The van der Waals surface area contributed by atoms with Gasteiger partial charge in [-0.05, 0) is 50.5 Å². The van der Waals surface area contributed by atoms with Crippen molar-refractivity contribution in [3.8, 4) is 0 Å². The highest BCUT2D eigenvalue weighted by Gasteiger charge is 2.23. The minimum Gasteiger partial charge on any atom is -0.377 e. The quantitative estimate of drug-likeness (QED) is 0.774. The average molecular weight is 211 g/mol. The smallest absolute Gasteiger partial charge is 0.0623 e. The van der Waals surface area contributed by atoms with Crippen LogP contribution in [0.5, 0.6) is 0 Å². The minimum absolute atomic E-state index is 0.555. The van der Waals surface area contributed by atoms with E-state index in [1.54, 1.807) is 0 Å². The van der Waals surface area contributed by atoms with Crippen molar-refractivity contribution in [1.29, 1.82) is 0 Å². The first kappa shape index (κ1) is 11.4. The van der Waals surface area contributed by atoms with E-state index in [4.69, 9.17) is 4.74 Å². The third-order valence-electron chi connectivity index (χ3n) is 3.94. The van der Waals surface area contributed by atoms with Crippen LogP contribution in [-0.2, 0) is 4.74 Å². The Morgan fingerprint density at radius 3 is 2.40 bits per heavy atom. The van der Waals surface area contributed by atoms with Crippen LogP contribution < -0.4 is 5.32 Å². The van der Waals surface area contributed by atoms with Gasteiger partial charge in [0.15, 0.2) is 0 Å². The summed E-state index contributed by atoms with van der Waals surface area (Å²) in [6.07, 6.45) is 7.13. The van der Waals surface area contributed by atoms with Crippen LogP contribution in [0.4, 0.5) is 0 Å². The van der Waals surface area contributed by atoms with Gasteiger partial charge < -0.3 is 10.1 Å². The number of nitrogens with one attached hydrogen (secondary N) is 1. The van der Waals surface area contributed by atoms with Crippen LogP contribution in [0, 0.1) is 11.8 Å². The van der Waals surface area contributed by atoms with Gasteiger partial charge in [0.05, 0.1) is 12.7 Å². The van der Waals surface area contributed by atoms with E-state index in [0.29, 0.717) is 12.1 Å². The zero-order chi connectivity index (χ0) is 10.7. The Morgan fingerprint density at radius 1 is 1.07 bits per heavy atom. The van der Waals surface area contributed by atoms with Crippen LogP contribution in [0.15, 0.2) is 0 Å². The van der Waals surface area contributed by atoms with Crippen molar-refractivity contribution in [1.82, 2.24) is 5.32 Å². The first-order chi connectivity index (χ1) is 7.24. The molecule has 1 aliphatic heterocycles.